The number of anilines is 1. The molecule has 0 atom stereocenters. The summed E-state index contributed by atoms with van der Waals surface area (Å²) < 4.78 is 30.0. The lowest BCUT2D eigenvalue weighted by molar-refractivity contribution is 0.0685. The second-order valence-electron chi connectivity index (χ2n) is 7.46. The number of aryl methyl sites for hydroxylation is 1. The van der Waals surface area contributed by atoms with Gasteiger partial charge in [0, 0.05) is 17.8 Å². The molecule has 3 aromatic carbocycles. The summed E-state index contributed by atoms with van der Waals surface area (Å²) in [6.07, 6.45) is 0. The number of carboxylic acids is 1. The lowest BCUT2D eigenvalue weighted by Gasteiger charge is -2.18. The van der Waals surface area contributed by atoms with Crippen molar-refractivity contribution in [2.75, 3.05) is 12.4 Å². The quantitative estimate of drug-likeness (QED) is 0.373. The van der Waals surface area contributed by atoms with Crippen molar-refractivity contribution in [1.82, 2.24) is 0 Å². The predicted molar refractivity (Wildman–Crippen MR) is 116 cm³/mol. The van der Waals surface area contributed by atoms with Crippen molar-refractivity contribution < 1.29 is 38.4 Å². The van der Waals surface area contributed by atoms with Gasteiger partial charge >= 0.3 is 11.9 Å². The van der Waals surface area contributed by atoms with Crippen LogP contribution >= 0.6 is 0 Å². The Hall–Kier alpha value is -4.27. The zero-order chi connectivity index (χ0) is 23.9. The van der Waals surface area contributed by atoms with Crippen molar-refractivity contribution in [3.05, 3.63) is 70.0 Å². The molecule has 0 spiro atoms. The van der Waals surface area contributed by atoms with E-state index in [0.29, 0.717) is 16.8 Å². The van der Waals surface area contributed by atoms with Gasteiger partial charge in [-0.05, 0) is 55.8 Å². The number of phenolic OH excluding ortho intramolecular Hbond substituents is 1. The minimum Gasteiger partial charge on any atom is -0.507 e. The first kappa shape index (κ1) is 21.9. The fraction of sp³-hybridized carbons (Fsp3) is 0.167. The Bertz CT molecular complexity index is 1290. The van der Waals surface area contributed by atoms with E-state index in [1.54, 1.807) is 13.8 Å². The third-order valence-electron chi connectivity index (χ3n) is 5.36. The van der Waals surface area contributed by atoms with E-state index in [0.717, 1.165) is 0 Å². The zero-order valence-electron chi connectivity index (χ0n) is 18.0. The molecule has 0 amide bonds. The monoisotopic (exact) mass is 453 g/mol. The summed E-state index contributed by atoms with van der Waals surface area (Å²) in [6, 6.07) is 8.26. The highest BCUT2D eigenvalue weighted by Gasteiger charge is 2.34. The highest BCUT2D eigenvalue weighted by molar-refractivity contribution is 6.00. The van der Waals surface area contributed by atoms with Gasteiger partial charge in [0.25, 0.3) is 0 Å². The normalized spacial score (nSPS) is 12.1. The number of carbonyl (C=O) groups is 2. The first-order chi connectivity index (χ1) is 15.7. The van der Waals surface area contributed by atoms with Gasteiger partial charge in [-0.25, -0.2) is 14.0 Å². The topological polar surface area (TPSA) is 114 Å². The van der Waals surface area contributed by atoms with E-state index in [1.807, 2.05) is 0 Å². The van der Waals surface area contributed by atoms with Gasteiger partial charge in [-0.15, -0.1) is 0 Å². The summed E-state index contributed by atoms with van der Waals surface area (Å²) in [5.41, 5.74) is 1.31. The number of rotatable bonds is 5. The molecule has 33 heavy (non-hydrogen) atoms. The van der Waals surface area contributed by atoms with Gasteiger partial charge in [0.2, 0.25) is 0 Å². The molecule has 8 nitrogen and oxygen atoms in total. The molecular weight excluding hydrogens is 433 g/mol. The van der Waals surface area contributed by atoms with Crippen molar-refractivity contribution in [3.8, 4) is 28.7 Å². The number of hydrogen-bond donors (Lipinski definition) is 3. The van der Waals surface area contributed by atoms with Crippen LogP contribution in [-0.2, 0) is 6.54 Å². The van der Waals surface area contributed by atoms with Gasteiger partial charge < -0.3 is 29.7 Å². The van der Waals surface area contributed by atoms with Crippen molar-refractivity contribution in [3.63, 3.8) is 0 Å². The summed E-state index contributed by atoms with van der Waals surface area (Å²) in [5.74, 6) is -2.72. The molecule has 1 heterocycles. The maximum Gasteiger partial charge on any atom is 0.347 e. The van der Waals surface area contributed by atoms with Gasteiger partial charge in [0.15, 0.2) is 17.2 Å². The number of nitrogens with one attached hydrogen (secondary N) is 1. The van der Waals surface area contributed by atoms with Crippen LogP contribution in [0.15, 0.2) is 36.4 Å². The number of phenols is 1. The lowest BCUT2D eigenvalue weighted by atomic mass is 10.0. The third kappa shape index (κ3) is 3.89. The Morgan fingerprint density at radius 1 is 1.09 bits per heavy atom. The molecule has 4 rings (SSSR count). The number of fused-ring (bicyclic) bond motifs is 2. The Kier molecular flexibility index (Phi) is 5.55. The van der Waals surface area contributed by atoms with E-state index in [1.165, 1.54) is 43.5 Å². The number of hydrogen-bond acceptors (Lipinski definition) is 7. The standard InChI is InChI=1S/C24H20FNO7/c1-11-8-17(27)16(10-26-14-6-4-13(25)5-7-14)21-19(11)24(30)33-20-12(2)18(31-3)9-15(23(28)29)22(20)32-21/h4-9,26-27H,10H2,1-3H3,(H,28,29). The van der Waals surface area contributed by atoms with Crippen LogP contribution in [0, 0.1) is 19.7 Å². The van der Waals surface area contributed by atoms with Crippen LogP contribution in [0.5, 0.6) is 28.7 Å². The first-order valence-corrected chi connectivity index (χ1v) is 9.91. The van der Waals surface area contributed by atoms with Crippen molar-refractivity contribution in [1.29, 1.82) is 0 Å². The van der Waals surface area contributed by atoms with E-state index in [2.05, 4.69) is 5.32 Å². The van der Waals surface area contributed by atoms with Crippen molar-refractivity contribution in [2.24, 2.45) is 0 Å². The van der Waals surface area contributed by atoms with E-state index in [9.17, 15) is 24.2 Å². The average Bonchev–Trinajstić information content (AvgIpc) is 2.92. The fourth-order valence-electron chi connectivity index (χ4n) is 3.66. The summed E-state index contributed by atoms with van der Waals surface area (Å²) in [6.45, 7) is 3.21. The van der Waals surface area contributed by atoms with Crippen LogP contribution < -0.4 is 19.5 Å². The Morgan fingerprint density at radius 2 is 1.79 bits per heavy atom. The molecule has 3 N–H and O–H groups in total. The molecule has 0 aliphatic carbocycles. The molecule has 1 aliphatic heterocycles. The summed E-state index contributed by atoms with van der Waals surface area (Å²) in [7, 11) is 1.37. The number of benzene rings is 3. The number of methoxy groups -OCH3 is 1. The molecule has 1 aliphatic rings. The molecule has 170 valence electrons. The molecule has 0 unspecified atom stereocenters. The smallest absolute Gasteiger partial charge is 0.347 e. The summed E-state index contributed by atoms with van der Waals surface area (Å²) in [4.78, 5) is 25.0. The van der Waals surface area contributed by atoms with E-state index in [-0.39, 0.29) is 52.0 Å². The Labute approximate surface area is 188 Å². The highest BCUT2D eigenvalue weighted by Crippen LogP contribution is 2.48. The van der Waals surface area contributed by atoms with Crippen molar-refractivity contribution in [2.45, 2.75) is 20.4 Å². The number of aromatic hydroxyl groups is 1. The van der Waals surface area contributed by atoms with Crippen LogP contribution in [0.4, 0.5) is 10.1 Å². The van der Waals surface area contributed by atoms with Gasteiger partial charge in [0.1, 0.15) is 28.4 Å². The average molecular weight is 453 g/mol. The number of halogens is 1. The number of ether oxygens (including phenoxy) is 3. The number of carbonyl (C=O) groups excluding carboxylic acids is 1. The van der Waals surface area contributed by atoms with Gasteiger partial charge in [0.05, 0.1) is 12.7 Å². The van der Waals surface area contributed by atoms with Crippen LogP contribution in [0.1, 0.15) is 37.4 Å². The maximum absolute atomic E-state index is 13.2. The number of esters is 1. The van der Waals surface area contributed by atoms with Gasteiger partial charge in [-0.3, -0.25) is 0 Å². The number of aromatic carboxylic acids is 1. The molecule has 0 radical (unpaired) electrons. The fourth-order valence-corrected chi connectivity index (χ4v) is 3.66. The lowest BCUT2D eigenvalue weighted by Crippen LogP contribution is -2.12. The Morgan fingerprint density at radius 3 is 2.42 bits per heavy atom. The second-order valence-corrected chi connectivity index (χ2v) is 7.46. The van der Waals surface area contributed by atoms with Gasteiger partial charge in [-0.2, -0.15) is 0 Å². The highest BCUT2D eigenvalue weighted by atomic mass is 19.1. The summed E-state index contributed by atoms with van der Waals surface area (Å²) >= 11 is 0. The molecular formula is C24H20FNO7. The largest absolute Gasteiger partial charge is 0.507 e. The number of carboxylic acid groups (broad SMARTS) is 1. The van der Waals surface area contributed by atoms with E-state index >= 15 is 0 Å². The molecule has 0 saturated heterocycles. The van der Waals surface area contributed by atoms with Gasteiger partial charge in [-0.1, -0.05) is 0 Å². The molecule has 0 aromatic heterocycles. The predicted octanol–water partition coefficient (Wildman–Crippen LogP) is 4.79. The minimum atomic E-state index is -1.31. The second kappa shape index (κ2) is 8.34. The third-order valence-corrected chi connectivity index (χ3v) is 5.36. The molecule has 9 heteroatoms. The van der Waals surface area contributed by atoms with Crippen molar-refractivity contribution >= 4 is 17.6 Å². The molecule has 0 bridgehead atoms. The van der Waals surface area contributed by atoms with Crippen LogP contribution in [0.3, 0.4) is 0 Å². The molecule has 0 fully saturated rings. The first-order valence-electron chi connectivity index (χ1n) is 9.91. The maximum atomic E-state index is 13.2. The Balaban J connectivity index is 1.87. The van der Waals surface area contributed by atoms with E-state index < -0.39 is 17.8 Å². The van der Waals surface area contributed by atoms with Crippen LogP contribution in [0.25, 0.3) is 0 Å². The summed E-state index contributed by atoms with van der Waals surface area (Å²) in [5, 5.41) is 23.4. The minimum absolute atomic E-state index is 0.000232. The SMILES string of the molecule is COc1cc(C(=O)O)c2c(c1C)OC(=O)c1c(C)cc(O)c(CNc3ccc(F)cc3)c1O2. The van der Waals surface area contributed by atoms with E-state index in [4.69, 9.17) is 14.2 Å². The zero-order valence-corrected chi connectivity index (χ0v) is 18.0. The molecule has 0 saturated carbocycles. The van der Waals surface area contributed by atoms with Crippen LogP contribution in [0.2, 0.25) is 0 Å². The van der Waals surface area contributed by atoms with Crippen LogP contribution in [-0.4, -0.2) is 29.3 Å². The molecule has 3 aromatic rings.